The smallest absolute Gasteiger partial charge is 0 e. The average Bonchev–Trinajstić information content (AvgIpc) is 2.77. The Kier molecular flexibility index (Phi) is 3.33. The fraction of sp³-hybridized carbons (Fsp3) is 0. The number of fused-ring (bicyclic) bond motifs is 1. The molecule has 0 aromatic heterocycles. The number of hydrogen-bond acceptors (Lipinski definition) is 0. The van der Waals surface area contributed by atoms with E-state index < -0.39 is 0 Å². The maximum absolute atomic E-state index is 2.24. The first-order chi connectivity index (χ1) is 7.43. The van der Waals surface area contributed by atoms with Gasteiger partial charge < -0.3 is 0 Å². The van der Waals surface area contributed by atoms with Gasteiger partial charge in [-0.2, -0.15) is 17.5 Å². The Balaban J connectivity index is 0.000000963. The zero-order valence-corrected chi connectivity index (χ0v) is 10.4. The standard InChI is InChI=1S/C15H11.Ti/c1-2-5-12(6-3-1)15-10-9-13-7-4-8-14(13)11-15;/h1-11H;/q-1;. The Morgan fingerprint density at radius 3 is 2.38 bits per heavy atom. The second-order valence-corrected chi connectivity index (χ2v) is 3.74. The van der Waals surface area contributed by atoms with Gasteiger partial charge >= 0.3 is 0 Å². The largest absolute Gasteiger partial charge is 0.168 e. The Morgan fingerprint density at radius 2 is 1.56 bits per heavy atom. The fourth-order valence-corrected chi connectivity index (χ4v) is 1.94. The quantitative estimate of drug-likeness (QED) is 0.440. The van der Waals surface area contributed by atoms with E-state index in [1.165, 1.54) is 21.9 Å². The predicted molar refractivity (Wildman–Crippen MR) is 65.0 cm³/mol. The first kappa shape index (κ1) is 11.3. The normalized spacial score (nSPS) is 10.0. The third-order valence-electron chi connectivity index (χ3n) is 2.75. The minimum absolute atomic E-state index is 0. The maximum Gasteiger partial charge on any atom is 0 e. The molecule has 0 saturated carbocycles. The SMILES string of the molecule is [Ti].c1ccc(-c2ccc3[cH-]ccc3c2)cc1. The van der Waals surface area contributed by atoms with Crippen molar-refractivity contribution in [2.75, 3.05) is 0 Å². The van der Waals surface area contributed by atoms with Gasteiger partial charge in [0.05, 0.1) is 0 Å². The molecule has 0 aliphatic heterocycles. The van der Waals surface area contributed by atoms with Gasteiger partial charge in [-0.1, -0.05) is 42.5 Å². The van der Waals surface area contributed by atoms with Crippen LogP contribution in [0.15, 0.2) is 66.7 Å². The molecule has 0 aliphatic rings. The fourth-order valence-electron chi connectivity index (χ4n) is 1.94. The molecule has 0 saturated heterocycles. The van der Waals surface area contributed by atoms with Gasteiger partial charge in [-0.3, -0.25) is 0 Å². The predicted octanol–water partition coefficient (Wildman–Crippen LogP) is 4.22. The molecule has 1 heteroatoms. The molecular formula is C15H11Ti-. The van der Waals surface area contributed by atoms with Crippen LogP contribution >= 0.6 is 0 Å². The molecule has 0 N–H and O–H groups in total. The van der Waals surface area contributed by atoms with E-state index in [1.54, 1.807) is 0 Å². The van der Waals surface area contributed by atoms with Gasteiger partial charge in [0.2, 0.25) is 0 Å². The summed E-state index contributed by atoms with van der Waals surface area (Å²) < 4.78 is 0. The Morgan fingerprint density at radius 1 is 0.750 bits per heavy atom. The third-order valence-corrected chi connectivity index (χ3v) is 2.75. The van der Waals surface area contributed by atoms with Gasteiger partial charge in [0, 0.05) is 21.7 Å². The van der Waals surface area contributed by atoms with Gasteiger partial charge in [-0.25, -0.2) is 0 Å². The Bertz CT molecular complexity index is 578. The number of hydrogen-bond donors (Lipinski definition) is 0. The van der Waals surface area contributed by atoms with Crippen molar-refractivity contribution in [2.45, 2.75) is 0 Å². The zero-order chi connectivity index (χ0) is 10.1. The van der Waals surface area contributed by atoms with Crippen LogP contribution in [0.4, 0.5) is 0 Å². The van der Waals surface area contributed by atoms with E-state index in [4.69, 9.17) is 0 Å². The van der Waals surface area contributed by atoms with Crippen molar-refractivity contribution >= 4 is 10.8 Å². The molecule has 0 bridgehead atoms. The maximum atomic E-state index is 2.24. The van der Waals surface area contributed by atoms with E-state index in [0.29, 0.717) is 0 Å². The van der Waals surface area contributed by atoms with Crippen molar-refractivity contribution in [3.8, 4) is 11.1 Å². The van der Waals surface area contributed by atoms with Gasteiger partial charge in [0.1, 0.15) is 0 Å². The summed E-state index contributed by atoms with van der Waals surface area (Å²) in [4.78, 5) is 0. The summed E-state index contributed by atoms with van der Waals surface area (Å²) in [6.45, 7) is 0. The summed E-state index contributed by atoms with van der Waals surface area (Å²) in [6, 6.07) is 23.5. The van der Waals surface area contributed by atoms with Crippen LogP contribution in [0.25, 0.3) is 21.9 Å². The van der Waals surface area contributed by atoms with E-state index in [-0.39, 0.29) is 21.7 Å². The monoisotopic (exact) mass is 239 g/mol. The first-order valence-electron chi connectivity index (χ1n) is 5.14. The molecule has 0 atom stereocenters. The minimum atomic E-state index is 0. The topological polar surface area (TPSA) is 0 Å². The molecule has 0 spiro atoms. The number of rotatable bonds is 1. The molecule has 3 aromatic rings. The molecule has 3 aromatic carbocycles. The van der Waals surface area contributed by atoms with Crippen LogP contribution < -0.4 is 0 Å². The van der Waals surface area contributed by atoms with E-state index in [1.807, 2.05) is 6.07 Å². The summed E-state index contributed by atoms with van der Waals surface area (Å²) in [7, 11) is 0. The summed E-state index contributed by atoms with van der Waals surface area (Å²) in [5.74, 6) is 0. The average molecular weight is 239 g/mol. The molecule has 0 heterocycles. The van der Waals surface area contributed by atoms with E-state index in [0.717, 1.165) is 0 Å². The molecule has 0 fully saturated rings. The minimum Gasteiger partial charge on any atom is -0.168 e. The second-order valence-electron chi connectivity index (χ2n) is 3.74. The van der Waals surface area contributed by atoms with Crippen molar-refractivity contribution < 1.29 is 21.7 Å². The van der Waals surface area contributed by atoms with Crippen molar-refractivity contribution in [1.29, 1.82) is 0 Å². The molecule has 3 rings (SSSR count). The van der Waals surface area contributed by atoms with Crippen molar-refractivity contribution in [1.82, 2.24) is 0 Å². The van der Waals surface area contributed by atoms with Crippen LogP contribution in [0.3, 0.4) is 0 Å². The van der Waals surface area contributed by atoms with Crippen LogP contribution in [0.1, 0.15) is 0 Å². The second kappa shape index (κ2) is 4.73. The number of benzene rings is 2. The molecule has 0 radical (unpaired) electrons. The van der Waals surface area contributed by atoms with Gasteiger partial charge in [0.15, 0.2) is 0 Å². The molecule has 16 heavy (non-hydrogen) atoms. The van der Waals surface area contributed by atoms with Crippen molar-refractivity contribution in [3.63, 3.8) is 0 Å². The van der Waals surface area contributed by atoms with Crippen LogP contribution in [0, 0.1) is 0 Å². The van der Waals surface area contributed by atoms with Gasteiger partial charge in [-0.15, -0.1) is 17.5 Å². The van der Waals surface area contributed by atoms with Crippen molar-refractivity contribution in [3.05, 3.63) is 66.7 Å². The third kappa shape index (κ3) is 1.99. The van der Waals surface area contributed by atoms with E-state index in [9.17, 15) is 0 Å². The van der Waals surface area contributed by atoms with Crippen LogP contribution in [-0.2, 0) is 21.7 Å². The molecule has 0 aliphatic carbocycles. The Labute approximate surface area is 110 Å². The van der Waals surface area contributed by atoms with Crippen LogP contribution in [0.5, 0.6) is 0 Å². The van der Waals surface area contributed by atoms with E-state index in [2.05, 4.69) is 60.7 Å². The zero-order valence-electron chi connectivity index (χ0n) is 8.85. The van der Waals surface area contributed by atoms with Crippen LogP contribution in [0.2, 0.25) is 0 Å². The Hall–Kier alpha value is -1.24. The molecule has 0 nitrogen and oxygen atoms in total. The van der Waals surface area contributed by atoms with Crippen molar-refractivity contribution in [2.24, 2.45) is 0 Å². The summed E-state index contributed by atoms with van der Waals surface area (Å²) in [5.41, 5.74) is 2.56. The summed E-state index contributed by atoms with van der Waals surface area (Å²) in [5, 5.41) is 2.63. The summed E-state index contributed by atoms with van der Waals surface area (Å²) in [6.07, 6.45) is 0. The summed E-state index contributed by atoms with van der Waals surface area (Å²) >= 11 is 0. The molecule has 0 amide bonds. The van der Waals surface area contributed by atoms with Crippen LogP contribution in [-0.4, -0.2) is 0 Å². The molecule has 0 unspecified atom stereocenters. The molecular weight excluding hydrogens is 228 g/mol. The van der Waals surface area contributed by atoms with Gasteiger partial charge in [-0.05, 0) is 11.1 Å². The first-order valence-corrected chi connectivity index (χ1v) is 5.14. The van der Waals surface area contributed by atoms with Gasteiger partial charge in [0.25, 0.3) is 0 Å². The molecule has 76 valence electrons. The van der Waals surface area contributed by atoms with E-state index >= 15 is 0 Å².